The monoisotopic (exact) mass is 451 g/mol. The molecule has 0 bridgehead atoms. The number of benzene rings is 2. The van der Waals surface area contributed by atoms with Gasteiger partial charge in [-0.2, -0.15) is 5.26 Å². The highest BCUT2D eigenvalue weighted by atomic mass is 19.1. The van der Waals surface area contributed by atoms with Crippen LogP contribution in [-0.4, -0.2) is 35.8 Å². The van der Waals surface area contributed by atoms with E-state index < -0.39 is 17.2 Å². The second-order valence-corrected chi connectivity index (χ2v) is 8.00. The van der Waals surface area contributed by atoms with Crippen LogP contribution >= 0.6 is 0 Å². The average molecular weight is 451 g/mol. The summed E-state index contributed by atoms with van der Waals surface area (Å²) in [5, 5.41) is 9.08. The van der Waals surface area contributed by atoms with Crippen molar-refractivity contribution in [2.45, 2.75) is 18.9 Å². The van der Waals surface area contributed by atoms with Crippen LogP contribution in [0.1, 0.15) is 18.4 Å². The second-order valence-electron chi connectivity index (χ2n) is 8.00. The number of nitrogens with two attached hydrogens (primary N) is 1. The zero-order valence-corrected chi connectivity index (χ0v) is 18.3. The molecule has 2 aromatic carbocycles. The van der Waals surface area contributed by atoms with E-state index in [4.69, 9.17) is 20.7 Å². The minimum absolute atomic E-state index is 0.0356. The van der Waals surface area contributed by atoms with Crippen molar-refractivity contribution in [1.82, 2.24) is 9.55 Å². The maximum absolute atomic E-state index is 14.5. The highest BCUT2D eigenvalue weighted by Crippen LogP contribution is 2.33. The summed E-state index contributed by atoms with van der Waals surface area (Å²) in [6, 6.07) is 9.92. The van der Waals surface area contributed by atoms with Crippen LogP contribution in [0, 0.1) is 23.0 Å². The van der Waals surface area contributed by atoms with Gasteiger partial charge >= 0.3 is 0 Å². The van der Waals surface area contributed by atoms with Crippen molar-refractivity contribution in [2.24, 2.45) is 12.8 Å². The van der Waals surface area contributed by atoms with Crippen LogP contribution in [0.4, 0.5) is 14.7 Å². The SMILES string of the molecule is COc1ccc(-c2c(-c3ccc(C#N)c(F)c3)nc(N3CCCC(N)C3)n(C)c2=O)cc1F. The van der Waals surface area contributed by atoms with Crippen LogP contribution < -0.4 is 20.9 Å². The quantitative estimate of drug-likeness (QED) is 0.654. The van der Waals surface area contributed by atoms with Crippen molar-refractivity contribution < 1.29 is 13.5 Å². The predicted molar refractivity (Wildman–Crippen MR) is 121 cm³/mol. The van der Waals surface area contributed by atoms with Gasteiger partial charge in [0.25, 0.3) is 5.56 Å². The third-order valence-electron chi connectivity index (χ3n) is 5.81. The van der Waals surface area contributed by atoms with Crippen LogP contribution in [-0.2, 0) is 7.05 Å². The standard InChI is InChI=1S/C24H23F2N5O2/c1-30-23(32)21(14-7-8-20(33-2)19(26)10-14)22(15-5-6-16(12-27)18(25)11-15)29-24(30)31-9-3-4-17(28)13-31/h5-8,10-11,17H,3-4,9,13,28H2,1-2H3. The van der Waals surface area contributed by atoms with E-state index in [0.717, 1.165) is 18.9 Å². The number of hydrogen-bond acceptors (Lipinski definition) is 6. The van der Waals surface area contributed by atoms with Crippen LogP contribution in [0.3, 0.4) is 0 Å². The zero-order valence-electron chi connectivity index (χ0n) is 18.3. The van der Waals surface area contributed by atoms with Gasteiger partial charge in [-0.3, -0.25) is 9.36 Å². The van der Waals surface area contributed by atoms with Crippen molar-refractivity contribution in [3.8, 4) is 34.2 Å². The summed E-state index contributed by atoms with van der Waals surface area (Å²) in [5.41, 5.74) is 6.49. The van der Waals surface area contributed by atoms with Gasteiger partial charge in [0.1, 0.15) is 11.9 Å². The first-order valence-corrected chi connectivity index (χ1v) is 10.5. The summed E-state index contributed by atoms with van der Waals surface area (Å²) < 4.78 is 35.4. The van der Waals surface area contributed by atoms with Crippen molar-refractivity contribution in [3.63, 3.8) is 0 Å². The number of aromatic nitrogens is 2. The molecule has 9 heteroatoms. The lowest BCUT2D eigenvalue weighted by atomic mass is 9.99. The second kappa shape index (κ2) is 9.00. The lowest BCUT2D eigenvalue weighted by Gasteiger charge is -2.33. The molecule has 33 heavy (non-hydrogen) atoms. The molecule has 3 aromatic rings. The fourth-order valence-electron chi connectivity index (χ4n) is 4.11. The largest absolute Gasteiger partial charge is 0.494 e. The van der Waals surface area contributed by atoms with Gasteiger partial charge in [-0.1, -0.05) is 12.1 Å². The van der Waals surface area contributed by atoms with Crippen molar-refractivity contribution in [1.29, 1.82) is 5.26 Å². The number of hydrogen-bond donors (Lipinski definition) is 1. The van der Waals surface area contributed by atoms with Gasteiger partial charge in [0.15, 0.2) is 11.6 Å². The van der Waals surface area contributed by atoms with Gasteiger partial charge in [-0.05, 0) is 42.7 Å². The van der Waals surface area contributed by atoms with E-state index in [0.29, 0.717) is 24.6 Å². The van der Waals surface area contributed by atoms with E-state index in [2.05, 4.69) is 0 Å². The Morgan fingerprint density at radius 3 is 2.55 bits per heavy atom. The van der Waals surface area contributed by atoms with Crippen molar-refractivity contribution in [2.75, 3.05) is 25.1 Å². The molecule has 0 amide bonds. The Morgan fingerprint density at radius 1 is 1.18 bits per heavy atom. The van der Waals surface area contributed by atoms with Gasteiger partial charge in [0.05, 0.1) is 23.9 Å². The molecule has 1 aromatic heterocycles. The van der Waals surface area contributed by atoms with Gasteiger partial charge in [0, 0.05) is 31.7 Å². The summed E-state index contributed by atoms with van der Waals surface area (Å²) in [6.45, 7) is 1.20. The zero-order chi connectivity index (χ0) is 23.7. The van der Waals surface area contributed by atoms with Crippen molar-refractivity contribution in [3.05, 3.63) is 63.9 Å². The number of methoxy groups -OCH3 is 1. The van der Waals surface area contributed by atoms with Crippen molar-refractivity contribution >= 4 is 5.95 Å². The molecule has 1 unspecified atom stereocenters. The Hall–Kier alpha value is -3.77. The van der Waals surface area contributed by atoms with E-state index in [1.807, 2.05) is 4.90 Å². The van der Waals surface area contributed by atoms with Crippen LogP contribution in [0.25, 0.3) is 22.4 Å². The van der Waals surface area contributed by atoms with Gasteiger partial charge < -0.3 is 15.4 Å². The Balaban J connectivity index is 1.98. The summed E-state index contributed by atoms with van der Waals surface area (Å²) in [5.74, 6) is -0.938. The number of piperidine rings is 1. The fourth-order valence-corrected chi connectivity index (χ4v) is 4.11. The smallest absolute Gasteiger partial charge is 0.263 e. The first-order valence-electron chi connectivity index (χ1n) is 10.5. The molecule has 2 N–H and O–H groups in total. The number of ether oxygens (including phenoxy) is 1. The number of rotatable bonds is 4. The molecule has 1 fully saturated rings. The lowest BCUT2D eigenvalue weighted by Crippen LogP contribution is -2.45. The summed E-state index contributed by atoms with van der Waals surface area (Å²) in [7, 11) is 2.94. The summed E-state index contributed by atoms with van der Waals surface area (Å²) in [4.78, 5) is 20.2. The van der Waals surface area contributed by atoms with E-state index in [1.54, 1.807) is 19.2 Å². The molecule has 0 aliphatic carbocycles. The molecular weight excluding hydrogens is 428 g/mol. The minimum atomic E-state index is -0.731. The van der Waals surface area contributed by atoms with Crippen LogP contribution in [0.2, 0.25) is 0 Å². The molecular formula is C24H23F2N5O2. The Morgan fingerprint density at radius 2 is 1.91 bits per heavy atom. The molecule has 0 saturated carbocycles. The maximum atomic E-state index is 14.5. The topological polar surface area (TPSA) is 97.2 Å². The average Bonchev–Trinajstić information content (AvgIpc) is 2.80. The number of nitrogens with zero attached hydrogens (tertiary/aromatic N) is 4. The minimum Gasteiger partial charge on any atom is -0.494 e. The Labute approximate surface area is 189 Å². The highest BCUT2D eigenvalue weighted by molar-refractivity contribution is 5.81. The Bertz CT molecular complexity index is 1320. The molecule has 0 radical (unpaired) electrons. The maximum Gasteiger partial charge on any atom is 0.263 e. The lowest BCUT2D eigenvalue weighted by molar-refractivity contribution is 0.386. The summed E-state index contributed by atoms with van der Waals surface area (Å²) in [6.07, 6.45) is 1.73. The van der Waals surface area contributed by atoms with Crippen LogP contribution in [0.15, 0.2) is 41.2 Å². The van der Waals surface area contributed by atoms with Crippen LogP contribution in [0.5, 0.6) is 5.75 Å². The molecule has 2 heterocycles. The molecule has 1 atom stereocenters. The van der Waals surface area contributed by atoms with Gasteiger partial charge in [-0.15, -0.1) is 0 Å². The molecule has 170 valence electrons. The molecule has 4 rings (SSSR count). The number of anilines is 1. The first kappa shape index (κ1) is 22.4. The third kappa shape index (κ3) is 4.17. The number of halogens is 2. The molecule has 0 spiro atoms. The van der Waals surface area contributed by atoms with E-state index in [1.165, 1.54) is 35.9 Å². The Kier molecular flexibility index (Phi) is 6.11. The molecule has 1 saturated heterocycles. The first-order chi connectivity index (χ1) is 15.8. The fraction of sp³-hybridized carbons (Fsp3) is 0.292. The van der Waals surface area contributed by atoms with E-state index in [-0.39, 0.29) is 34.2 Å². The van der Waals surface area contributed by atoms with Gasteiger partial charge in [0.2, 0.25) is 5.95 Å². The molecule has 1 aliphatic heterocycles. The summed E-state index contributed by atoms with van der Waals surface area (Å²) >= 11 is 0. The highest BCUT2D eigenvalue weighted by Gasteiger charge is 2.25. The third-order valence-corrected chi connectivity index (χ3v) is 5.81. The molecule has 1 aliphatic rings. The number of nitriles is 1. The molecule has 7 nitrogen and oxygen atoms in total. The van der Waals surface area contributed by atoms with E-state index >= 15 is 0 Å². The normalized spacial score (nSPS) is 15.9. The van der Waals surface area contributed by atoms with E-state index in [9.17, 15) is 13.6 Å². The van der Waals surface area contributed by atoms with Gasteiger partial charge in [-0.25, -0.2) is 13.8 Å². The predicted octanol–water partition coefficient (Wildman–Crippen LogP) is 3.20.